The molecule has 0 radical (unpaired) electrons. The van der Waals surface area contributed by atoms with Crippen LogP contribution in [-0.4, -0.2) is 25.4 Å². The topological polar surface area (TPSA) is 66.5 Å². The first-order valence-electron chi connectivity index (χ1n) is 7.17. The molecule has 2 aromatic rings. The van der Waals surface area contributed by atoms with E-state index in [-0.39, 0.29) is 5.56 Å². The molecule has 1 atom stereocenters. The molecule has 1 aromatic carbocycles. The van der Waals surface area contributed by atoms with Crippen LogP contribution in [0.5, 0.6) is 5.75 Å². The van der Waals surface area contributed by atoms with Crippen LogP contribution in [0.2, 0.25) is 0 Å². The first-order valence-corrected chi connectivity index (χ1v) is 7.17. The van der Waals surface area contributed by atoms with Crippen molar-refractivity contribution in [2.24, 2.45) is 5.73 Å². The molecular formula is C17H22N2O3. The molecule has 0 bridgehead atoms. The van der Waals surface area contributed by atoms with Crippen molar-refractivity contribution in [1.29, 1.82) is 0 Å². The highest BCUT2D eigenvalue weighted by Gasteiger charge is 2.15. The van der Waals surface area contributed by atoms with Gasteiger partial charge in [0.2, 0.25) is 0 Å². The van der Waals surface area contributed by atoms with Gasteiger partial charge in [-0.25, -0.2) is 0 Å². The van der Waals surface area contributed by atoms with Gasteiger partial charge in [-0.05, 0) is 36.8 Å². The lowest BCUT2D eigenvalue weighted by Gasteiger charge is -2.16. The molecule has 118 valence electrons. The second-order valence-electron chi connectivity index (χ2n) is 5.13. The molecule has 0 fully saturated rings. The molecule has 0 aliphatic carbocycles. The maximum absolute atomic E-state index is 12.6. The first kappa shape index (κ1) is 16.3. The van der Waals surface area contributed by atoms with Crippen molar-refractivity contribution < 1.29 is 9.47 Å². The summed E-state index contributed by atoms with van der Waals surface area (Å²) >= 11 is 0. The molecule has 0 spiro atoms. The molecule has 0 amide bonds. The van der Waals surface area contributed by atoms with Crippen LogP contribution in [-0.2, 0) is 11.3 Å². The fraction of sp³-hybridized carbons (Fsp3) is 0.353. The second kappa shape index (κ2) is 7.24. The van der Waals surface area contributed by atoms with Gasteiger partial charge in [0, 0.05) is 24.9 Å². The molecule has 22 heavy (non-hydrogen) atoms. The zero-order valence-electron chi connectivity index (χ0n) is 13.2. The molecule has 5 nitrogen and oxygen atoms in total. The van der Waals surface area contributed by atoms with E-state index in [9.17, 15) is 4.79 Å². The van der Waals surface area contributed by atoms with E-state index in [1.807, 2.05) is 37.3 Å². The van der Waals surface area contributed by atoms with Crippen LogP contribution in [0.4, 0.5) is 0 Å². The summed E-state index contributed by atoms with van der Waals surface area (Å²) in [6.45, 7) is 2.91. The quantitative estimate of drug-likeness (QED) is 0.884. The lowest BCUT2D eigenvalue weighted by Crippen LogP contribution is -2.31. The maximum Gasteiger partial charge on any atom is 0.255 e. The van der Waals surface area contributed by atoms with Gasteiger partial charge in [-0.15, -0.1) is 0 Å². The van der Waals surface area contributed by atoms with E-state index in [0.717, 1.165) is 17.0 Å². The molecule has 2 N–H and O–H groups in total. The molecule has 1 heterocycles. The number of nitrogens with zero attached hydrogens (tertiary/aromatic N) is 1. The Hall–Kier alpha value is -2.11. The number of pyridine rings is 1. The fourth-order valence-corrected chi connectivity index (χ4v) is 2.38. The number of ether oxygens (including phenoxy) is 2. The smallest absolute Gasteiger partial charge is 0.255 e. The number of nitrogens with two attached hydrogens (primary N) is 1. The Labute approximate surface area is 130 Å². The van der Waals surface area contributed by atoms with E-state index >= 15 is 0 Å². The molecule has 0 aliphatic rings. The van der Waals surface area contributed by atoms with Crippen molar-refractivity contribution in [3.05, 3.63) is 63.6 Å². The average molecular weight is 302 g/mol. The minimum Gasteiger partial charge on any atom is -0.497 e. The highest BCUT2D eigenvalue weighted by Crippen LogP contribution is 2.20. The Bertz CT molecular complexity index is 677. The summed E-state index contributed by atoms with van der Waals surface area (Å²) in [7, 11) is 3.23. The Morgan fingerprint density at radius 3 is 2.41 bits per heavy atom. The second-order valence-corrected chi connectivity index (χ2v) is 5.13. The van der Waals surface area contributed by atoms with Crippen molar-refractivity contribution in [3.63, 3.8) is 0 Å². The predicted octanol–water partition coefficient (Wildman–Crippen LogP) is 1.86. The van der Waals surface area contributed by atoms with Crippen molar-refractivity contribution in [2.45, 2.75) is 19.5 Å². The van der Waals surface area contributed by atoms with Gasteiger partial charge in [-0.2, -0.15) is 0 Å². The summed E-state index contributed by atoms with van der Waals surface area (Å²) in [5, 5.41) is 0. The molecule has 1 unspecified atom stereocenters. The van der Waals surface area contributed by atoms with Gasteiger partial charge < -0.3 is 19.8 Å². The molecule has 0 aliphatic heterocycles. The summed E-state index contributed by atoms with van der Waals surface area (Å²) in [6.07, 6.45) is 0. The molecular weight excluding hydrogens is 280 g/mol. The van der Waals surface area contributed by atoms with Gasteiger partial charge >= 0.3 is 0 Å². The van der Waals surface area contributed by atoms with Gasteiger partial charge in [0.25, 0.3) is 5.56 Å². The van der Waals surface area contributed by atoms with Gasteiger partial charge in [-0.1, -0.05) is 12.1 Å². The maximum atomic E-state index is 12.6. The van der Waals surface area contributed by atoms with E-state index in [0.29, 0.717) is 18.7 Å². The van der Waals surface area contributed by atoms with E-state index in [2.05, 4.69) is 0 Å². The fourth-order valence-electron chi connectivity index (χ4n) is 2.38. The normalized spacial score (nSPS) is 12.2. The number of aromatic nitrogens is 1. The number of methoxy groups -OCH3 is 2. The van der Waals surface area contributed by atoms with E-state index in [1.54, 1.807) is 24.9 Å². The molecule has 1 aromatic heterocycles. The first-order chi connectivity index (χ1) is 10.6. The van der Waals surface area contributed by atoms with Crippen LogP contribution >= 0.6 is 0 Å². The highest BCUT2D eigenvalue weighted by molar-refractivity contribution is 5.34. The highest BCUT2D eigenvalue weighted by atomic mass is 16.5. The zero-order chi connectivity index (χ0) is 16.1. The van der Waals surface area contributed by atoms with E-state index < -0.39 is 6.04 Å². The summed E-state index contributed by atoms with van der Waals surface area (Å²) < 4.78 is 11.9. The number of benzene rings is 1. The van der Waals surface area contributed by atoms with Gasteiger partial charge in [-0.3, -0.25) is 4.79 Å². The third kappa shape index (κ3) is 3.37. The zero-order valence-corrected chi connectivity index (χ0v) is 13.2. The lowest BCUT2D eigenvalue weighted by atomic mass is 10.0. The van der Waals surface area contributed by atoms with E-state index in [4.69, 9.17) is 15.2 Å². The molecule has 5 heteroatoms. The van der Waals surface area contributed by atoms with Crippen molar-refractivity contribution in [2.75, 3.05) is 20.8 Å². The lowest BCUT2D eigenvalue weighted by molar-refractivity contribution is 0.185. The molecule has 0 saturated heterocycles. The number of aryl methyl sites for hydroxylation is 1. The summed E-state index contributed by atoms with van der Waals surface area (Å²) in [5.74, 6) is 0.761. The summed E-state index contributed by atoms with van der Waals surface area (Å²) in [6, 6.07) is 10.7. The van der Waals surface area contributed by atoms with Crippen LogP contribution in [0.25, 0.3) is 0 Å². The number of rotatable bonds is 6. The Morgan fingerprint density at radius 1 is 1.14 bits per heavy atom. The Kier molecular flexibility index (Phi) is 5.35. The van der Waals surface area contributed by atoms with Crippen LogP contribution in [0.3, 0.4) is 0 Å². The van der Waals surface area contributed by atoms with Gasteiger partial charge in [0.15, 0.2) is 0 Å². The van der Waals surface area contributed by atoms with Crippen molar-refractivity contribution in [3.8, 4) is 5.75 Å². The van der Waals surface area contributed by atoms with Crippen LogP contribution in [0.1, 0.15) is 22.9 Å². The average Bonchev–Trinajstić information content (AvgIpc) is 2.54. The largest absolute Gasteiger partial charge is 0.497 e. The minimum atomic E-state index is -0.465. The third-order valence-electron chi connectivity index (χ3n) is 3.75. The van der Waals surface area contributed by atoms with Crippen LogP contribution < -0.4 is 16.0 Å². The molecule has 2 rings (SSSR count). The Balaban J connectivity index is 2.36. The number of hydrogen-bond acceptors (Lipinski definition) is 4. The monoisotopic (exact) mass is 302 g/mol. The molecule has 0 saturated carbocycles. The van der Waals surface area contributed by atoms with Crippen LogP contribution in [0, 0.1) is 6.92 Å². The third-order valence-corrected chi connectivity index (χ3v) is 3.75. The Morgan fingerprint density at radius 2 is 1.82 bits per heavy atom. The summed E-state index contributed by atoms with van der Waals surface area (Å²) in [4.78, 5) is 12.6. The SMILES string of the molecule is COCCn1c(C)ccc(C(N)c2ccc(OC)cc2)c1=O. The number of hydrogen-bond donors (Lipinski definition) is 1. The van der Waals surface area contributed by atoms with E-state index in [1.165, 1.54) is 0 Å². The minimum absolute atomic E-state index is 0.0691. The standard InChI is InChI=1S/C17H22N2O3/c1-12-4-9-15(17(20)19(12)10-11-21-2)16(18)13-5-7-14(22-3)8-6-13/h4-9,16H,10-11,18H2,1-3H3. The van der Waals surface area contributed by atoms with Crippen molar-refractivity contribution in [1.82, 2.24) is 4.57 Å². The van der Waals surface area contributed by atoms with Gasteiger partial charge in [0.05, 0.1) is 19.8 Å². The summed E-state index contributed by atoms with van der Waals surface area (Å²) in [5.41, 5.74) is 8.55. The predicted molar refractivity (Wildman–Crippen MR) is 86.3 cm³/mol. The van der Waals surface area contributed by atoms with Crippen LogP contribution in [0.15, 0.2) is 41.2 Å². The van der Waals surface area contributed by atoms with Crippen molar-refractivity contribution >= 4 is 0 Å². The van der Waals surface area contributed by atoms with Gasteiger partial charge in [0.1, 0.15) is 5.75 Å².